The molecule has 0 radical (unpaired) electrons. The number of fused-ring (bicyclic) bond motifs is 1. The first-order chi connectivity index (χ1) is 9.58. The van der Waals surface area contributed by atoms with Crippen molar-refractivity contribution in [2.45, 2.75) is 19.4 Å². The largest absolute Gasteiger partial charge is 0.331 e. The fraction of sp³-hybridized carbons (Fsp3) is 0.267. The summed E-state index contributed by atoms with van der Waals surface area (Å²) in [4.78, 5) is 15.7. The molecule has 2 heterocycles. The first kappa shape index (κ1) is 13.8. The number of nitrogens with zero attached hydrogens (tertiary/aromatic N) is 1. The summed E-state index contributed by atoms with van der Waals surface area (Å²) in [6, 6.07) is 6.52. The van der Waals surface area contributed by atoms with Crippen LogP contribution in [-0.4, -0.2) is 17.4 Å². The van der Waals surface area contributed by atoms with E-state index in [0.717, 1.165) is 6.42 Å². The van der Waals surface area contributed by atoms with Crippen LogP contribution in [-0.2, 0) is 6.42 Å². The van der Waals surface area contributed by atoms with Crippen LogP contribution in [0.1, 0.15) is 33.8 Å². The molecule has 0 bridgehead atoms. The van der Waals surface area contributed by atoms with Crippen LogP contribution in [0.2, 0.25) is 0 Å². The molecule has 2 nitrogen and oxygen atoms in total. The molecule has 2 aromatic rings. The lowest BCUT2D eigenvalue weighted by atomic mass is 10.0. The zero-order chi connectivity index (χ0) is 14.3. The van der Waals surface area contributed by atoms with Gasteiger partial charge in [-0.1, -0.05) is 15.9 Å². The third-order valence-corrected chi connectivity index (χ3v) is 5.19. The smallest absolute Gasteiger partial charge is 0.257 e. The second-order valence-electron chi connectivity index (χ2n) is 4.85. The Hall–Kier alpha value is -1.20. The first-order valence-electron chi connectivity index (χ1n) is 6.40. The third kappa shape index (κ3) is 2.29. The van der Waals surface area contributed by atoms with Gasteiger partial charge >= 0.3 is 0 Å². The van der Waals surface area contributed by atoms with Crippen LogP contribution in [0, 0.1) is 5.82 Å². The van der Waals surface area contributed by atoms with Crippen LogP contribution in [0.3, 0.4) is 0 Å². The number of hydrogen-bond donors (Lipinski definition) is 0. The van der Waals surface area contributed by atoms with Crippen molar-refractivity contribution in [2.75, 3.05) is 6.54 Å². The number of halogens is 2. The molecule has 1 aliphatic rings. The lowest BCUT2D eigenvalue weighted by molar-refractivity contribution is 0.0674. The van der Waals surface area contributed by atoms with E-state index in [4.69, 9.17) is 0 Å². The van der Waals surface area contributed by atoms with E-state index in [0.29, 0.717) is 11.0 Å². The summed E-state index contributed by atoms with van der Waals surface area (Å²) < 4.78 is 14.6. The Morgan fingerprint density at radius 1 is 1.45 bits per heavy atom. The number of hydrogen-bond acceptors (Lipinski definition) is 2. The molecule has 1 atom stereocenters. The van der Waals surface area contributed by atoms with Gasteiger partial charge in [-0.15, -0.1) is 11.3 Å². The molecular formula is C15H13BrFNOS. The number of benzene rings is 1. The Kier molecular flexibility index (Phi) is 3.65. The summed E-state index contributed by atoms with van der Waals surface area (Å²) in [5.74, 6) is -0.713. The summed E-state index contributed by atoms with van der Waals surface area (Å²) in [6.45, 7) is 2.64. The van der Waals surface area contributed by atoms with Gasteiger partial charge in [0.2, 0.25) is 0 Å². The molecule has 0 saturated carbocycles. The minimum Gasteiger partial charge on any atom is -0.331 e. The topological polar surface area (TPSA) is 20.3 Å². The molecule has 1 aromatic carbocycles. The van der Waals surface area contributed by atoms with Crippen molar-refractivity contribution in [2.24, 2.45) is 0 Å². The van der Waals surface area contributed by atoms with Gasteiger partial charge in [0.1, 0.15) is 5.82 Å². The molecule has 0 spiro atoms. The number of thiophene rings is 1. The fourth-order valence-electron chi connectivity index (χ4n) is 2.60. The van der Waals surface area contributed by atoms with Crippen LogP contribution in [0.4, 0.5) is 4.39 Å². The van der Waals surface area contributed by atoms with Crippen molar-refractivity contribution < 1.29 is 9.18 Å². The van der Waals surface area contributed by atoms with Crippen LogP contribution in [0.5, 0.6) is 0 Å². The minimum atomic E-state index is -0.471. The maximum absolute atomic E-state index is 13.9. The molecule has 20 heavy (non-hydrogen) atoms. The summed E-state index contributed by atoms with van der Waals surface area (Å²) in [5.41, 5.74) is 1.31. The van der Waals surface area contributed by atoms with E-state index in [9.17, 15) is 9.18 Å². The number of rotatable bonds is 1. The molecule has 1 unspecified atom stereocenters. The lowest BCUT2D eigenvalue weighted by Gasteiger charge is -2.33. The van der Waals surface area contributed by atoms with Crippen LogP contribution < -0.4 is 0 Å². The second-order valence-corrected chi connectivity index (χ2v) is 6.76. The molecule has 1 amide bonds. The molecule has 0 saturated heterocycles. The minimum absolute atomic E-state index is 0.00381. The van der Waals surface area contributed by atoms with Gasteiger partial charge < -0.3 is 4.90 Å². The van der Waals surface area contributed by atoms with E-state index in [1.54, 1.807) is 28.4 Å². The predicted molar refractivity (Wildman–Crippen MR) is 81.6 cm³/mol. The van der Waals surface area contributed by atoms with Crippen LogP contribution >= 0.6 is 27.3 Å². The van der Waals surface area contributed by atoms with Crippen molar-refractivity contribution in [3.05, 3.63) is 55.9 Å². The monoisotopic (exact) mass is 353 g/mol. The van der Waals surface area contributed by atoms with Gasteiger partial charge in [-0.3, -0.25) is 4.79 Å². The molecule has 1 aliphatic heterocycles. The van der Waals surface area contributed by atoms with Crippen LogP contribution in [0.15, 0.2) is 34.1 Å². The van der Waals surface area contributed by atoms with Gasteiger partial charge in [-0.05, 0) is 48.6 Å². The standard InChI is InChI=1S/C15H13BrFNOS/c1-9-11-5-7-20-14(11)4-6-18(9)15(19)12-8-10(16)2-3-13(12)17/h2-3,5,7-9H,4,6H2,1H3. The molecular weight excluding hydrogens is 341 g/mol. The Bertz CT molecular complexity index is 670. The molecule has 0 fully saturated rings. The van der Waals surface area contributed by atoms with E-state index in [1.165, 1.54) is 16.5 Å². The Labute approximate surface area is 129 Å². The normalized spacial score (nSPS) is 17.9. The quantitative estimate of drug-likeness (QED) is 0.743. The van der Waals surface area contributed by atoms with E-state index in [1.807, 2.05) is 6.92 Å². The average Bonchev–Trinajstić information content (AvgIpc) is 2.90. The molecule has 5 heteroatoms. The summed E-state index contributed by atoms with van der Waals surface area (Å²) in [5, 5.41) is 2.05. The first-order valence-corrected chi connectivity index (χ1v) is 8.07. The number of carbonyl (C=O) groups excluding carboxylic acids is 1. The van der Waals surface area contributed by atoms with Crippen LogP contribution in [0.25, 0.3) is 0 Å². The SMILES string of the molecule is CC1c2ccsc2CCN1C(=O)c1cc(Br)ccc1F. The predicted octanol–water partition coefficient (Wildman–Crippen LogP) is 4.41. The van der Waals surface area contributed by atoms with Gasteiger partial charge in [0.15, 0.2) is 0 Å². The Morgan fingerprint density at radius 2 is 2.25 bits per heavy atom. The average molecular weight is 354 g/mol. The maximum Gasteiger partial charge on any atom is 0.257 e. The van der Waals surface area contributed by atoms with E-state index in [-0.39, 0.29) is 17.5 Å². The highest BCUT2D eigenvalue weighted by molar-refractivity contribution is 9.10. The van der Waals surface area contributed by atoms with E-state index < -0.39 is 5.82 Å². The highest BCUT2D eigenvalue weighted by Crippen LogP contribution is 2.34. The highest BCUT2D eigenvalue weighted by atomic mass is 79.9. The van der Waals surface area contributed by atoms with Gasteiger partial charge in [0.25, 0.3) is 5.91 Å². The van der Waals surface area contributed by atoms with Crippen molar-refractivity contribution >= 4 is 33.2 Å². The van der Waals surface area contributed by atoms with Gasteiger partial charge in [-0.2, -0.15) is 0 Å². The maximum atomic E-state index is 13.9. The molecule has 104 valence electrons. The number of amides is 1. The van der Waals surface area contributed by atoms with Crippen molar-refractivity contribution in [3.8, 4) is 0 Å². The second kappa shape index (κ2) is 5.30. The summed E-state index contributed by atoms with van der Waals surface area (Å²) >= 11 is 5.01. The molecule has 0 aliphatic carbocycles. The highest BCUT2D eigenvalue weighted by Gasteiger charge is 2.30. The molecule has 0 N–H and O–H groups in total. The van der Waals surface area contributed by atoms with E-state index in [2.05, 4.69) is 27.4 Å². The lowest BCUT2D eigenvalue weighted by Crippen LogP contribution is -2.38. The number of carbonyl (C=O) groups is 1. The van der Waals surface area contributed by atoms with Crippen molar-refractivity contribution in [1.29, 1.82) is 0 Å². The van der Waals surface area contributed by atoms with Gasteiger partial charge in [0, 0.05) is 15.9 Å². The van der Waals surface area contributed by atoms with Crippen molar-refractivity contribution in [1.82, 2.24) is 4.90 Å². The van der Waals surface area contributed by atoms with Gasteiger partial charge in [-0.25, -0.2) is 4.39 Å². The zero-order valence-corrected chi connectivity index (χ0v) is 13.3. The molecule has 3 rings (SSSR count). The Balaban J connectivity index is 1.94. The van der Waals surface area contributed by atoms with Gasteiger partial charge in [0.05, 0.1) is 11.6 Å². The van der Waals surface area contributed by atoms with Crippen molar-refractivity contribution in [3.63, 3.8) is 0 Å². The summed E-state index contributed by atoms with van der Waals surface area (Å²) in [6.07, 6.45) is 0.846. The zero-order valence-electron chi connectivity index (χ0n) is 10.9. The van der Waals surface area contributed by atoms with E-state index >= 15 is 0 Å². The third-order valence-electron chi connectivity index (χ3n) is 3.70. The fourth-order valence-corrected chi connectivity index (χ4v) is 3.93. The summed E-state index contributed by atoms with van der Waals surface area (Å²) in [7, 11) is 0. The molecule has 1 aromatic heterocycles. The Morgan fingerprint density at radius 3 is 3.05 bits per heavy atom.